The van der Waals surface area contributed by atoms with Gasteiger partial charge in [0.2, 0.25) is 0 Å². The smallest absolute Gasteiger partial charge is 0.323 e. The Hall–Kier alpha value is -0.610. The molecule has 0 aromatic heterocycles. The van der Waals surface area contributed by atoms with Gasteiger partial charge in [0.25, 0.3) is 0 Å². The Balaban J connectivity index is 4.30. The molecular weight excluding hydrogens is 228 g/mol. The molecule has 0 aliphatic carbocycles. The van der Waals surface area contributed by atoms with Crippen LogP contribution in [0.2, 0.25) is 0 Å². The molecule has 1 atom stereocenters. The quantitative estimate of drug-likeness (QED) is 0.597. The number of hydrogen-bond donors (Lipinski definition) is 2. The van der Waals surface area contributed by atoms with E-state index in [0.717, 1.165) is 32.5 Å². The molecular formula is C14H30N2O2. The number of rotatable bonds is 11. The number of hydrogen-bond acceptors (Lipinski definition) is 3. The van der Waals surface area contributed by atoms with Gasteiger partial charge in [-0.2, -0.15) is 0 Å². The largest absolute Gasteiger partial charge is 0.480 e. The summed E-state index contributed by atoms with van der Waals surface area (Å²) in [7, 11) is 0. The summed E-state index contributed by atoms with van der Waals surface area (Å²) >= 11 is 0. The number of nitrogens with zero attached hydrogens (tertiary/aromatic N) is 1. The van der Waals surface area contributed by atoms with Crippen molar-refractivity contribution in [3.63, 3.8) is 0 Å². The molecule has 0 bridgehead atoms. The van der Waals surface area contributed by atoms with Crippen molar-refractivity contribution >= 4 is 5.97 Å². The Morgan fingerprint density at radius 1 is 1.22 bits per heavy atom. The first-order valence-corrected chi connectivity index (χ1v) is 7.27. The van der Waals surface area contributed by atoms with Crippen LogP contribution in [0.4, 0.5) is 0 Å². The fraction of sp³-hybridized carbons (Fsp3) is 0.929. The molecule has 0 spiro atoms. The number of nitrogens with one attached hydrogen (secondary N) is 1. The maximum atomic E-state index is 11.4. The first-order valence-electron chi connectivity index (χ1n) is 7.27. The van der Waals surface area contributed by atoms with Crippen molar-refractivity contribution in [3.8, 4) is 0 Å². The van der Waals surface area contributed by atoms with Crippen molar-refractivity contribution in [2.24, 2.45) is 0 Å². The van der Waals surface area contributed by atoms with Gasteiger partial charge >= 0.3 is 5.97 Å². The lowest BCUT2D eigenvalue weighted by Crippen LogP contribution is -2.52. The normalized spacial score (nSPS) is 14.7. The molecule has 0 amide bonds. The molecule has 0 aromatic carbocycles. The predicted octanol–water partition coefficient (Wildman–Crippen LogP) is 2.34. The Bertz CT molecular complexity index is 234. The average molecular weight is 258 g/mol. The molecule has 0 radical (unpaired) electrons. The molecule has 0 rings (SSSR count). The summed E-state index contributed by atoms with van der Waals surface area (Å²) in [6.07, 6.45) is 3.42. The predicted molar refractivity (Wildman–Crippen MR) is 76.0 cm³/mol. The maximum absolute atomic E-state index is 11.4. The fourth-order valence-corrected chi connectivity index (χ4v) is 2.41. The van der Waals surface area contributed by atoms with E-state index in [1.807, 2.05) is 13.8 Å². The Morgan fingerprint density at radius 3 is 2.28 bits per heavy atom. The highest BCUT2D eigenvalue weighted by atomic mass is 16.4. The van der Waals surface area contributed by atoms with Crippen LogP contribution in [0.25, 0.3) is 0 Å². The summed E-state index contributed by atoms with van der Waals surface area (Å²) in [6.45, 7) is 12.1. The van der Waals surface area contributed by atoms with Gasteiger partial charge in [0.05, 0.1) is 0 Å². The molecule has 1 unspecified atom stereocenters. The van der Waals surface area contributed by atoms with Crippen molar-refractivity contribution in [3.05, 3.63) is 0 Å². The van der Waals surface area contributed by atoms with E-state index >= 15 is 0 Å². The zero-order valence-corrected chi connectivity index (χ0v) is 12.5. The van der Waals surface area contributed by atoms with Crippen LogP contribution >= 0.6 is 0 Å². The van der Waals surface area contributed by atoms with Crippen LogP contribution in [0, 0.1) is 0 Å². The molecule has 0 fully saturated rings. The highest BCUT2D eigenvalue weighted by Crippen LogP contribution is 2.18. The summed E-state index contributed by atoms with van der Waals surface area (Å²) < 4.78 is 0. The number of aliphatic carboxylic acids is 1. The summed E-state index contributed by atoms with van der Waals surface area (Å²) in [4.78, 5) is 13.8. The molecule has 0 saturated carbocycles. The van der Waals surface area contributed by atoms with E-state index in [-0.39, 0.29) is 0 Å². The first kappa shape index (κ1) is 17.4. The molecule has 0 aliphatic rings. The van der Waals surface area contributed by atoms with Crippen LogP contribution in [0.5, 0.6) is 0 Å². The maximum Gasteiger partial charge on any atom is 0.323 e. The molecule has 0 aromatic rings. The van der Waals surface area contributed by atoms with Crippen molar-refractivity contribution in [1.29, 1.82) is 0 Å². The van der Waals surface area contributed by atoms with Crippen molar-refractivity contribution in [2.75, 3.05) is 26.2 Å². The van der Waals surface area contributed by atoms with Gasteiger partial charge in [-0.05, 0) is 51.9 Å². The topological polar surface area (TPSA) is 52.6 Å². The monoisotopic (exact) mass is 258 g/mol. The molecule has 0 heterocycles. The highest BCUT2D eigenvalue weighted by molar-refractivity contribution is 5.78. The minimum Gasteiger partial charge on any atom is -0.480 e. The zero-order valence-electron chi connectivity index (χ0n) is 12.5. The van der Waals surface area contributed by atoms with Crippen LogP contribution in [0.1, 0.15) is 53.4 Å². The number of carboxylic acids is 1. The summed E-state index contributed by atoms with van der Waals surface area (Å²) in [5, 5.41) is 12.6. The lowest BCUT2D eigenvalue weighted by Gasteiger charge is -2.30. The SMILES string of the molecule is CCCN(CC)CCCC(CC)(NCC)C(=O)O. The minimum atomic E-state index is -0.736. The van der Waals surface area contributed by atoms with Crippen molar-refractivity contribution in [1.82, 2.24) is 10.2 Å². The van der Waals surface area contributed by atoms with Gasteiger partial charge in [-0.25, -0.2) is 0 Å². The van der Waals surface area contributed by atoms with Gasteiger partial charge in [-0.15, -0.1) is 0 Å². The van der Waals surface area contributed by atoms with Gasteiger partial charge < -0.3 is 15.3 Å². The second kappa shape index (κ2) is 9.34. The highest BCUT2D eigenvalue weighted by Gasteiger charge is 2.34. The van der Waals surface area contributed by atoms with Gasteiger partial charge in [-0.1, -0.05) is 27.7 Å². The van der Waals surface area contributed by atoms with Crippen molar-refractivity contribution < 1.29 is 9.90 Å². The summed E-state index contributed by atoms with van der Waals surface area (Å²) in [6, 6.07) is 0. The summed E-state index contributed by atoms with van der Waals surface area (Å²) in [5.74, 6) is -0.717. The second-order valence-electron chi connectivity index (χ2n) is 4.81. The van der Waals surface area contributed by atoms with Crippen LogP contribution in [0.15, 0.2) is 0 Å². The Kier molecular flexibility index (Phi) is 9.02. The lowest BCUT2D eigenvalue weighted by atomic mass is 9.90. The Labute approximate surface area is 112 Å². The van der Waals surface area contributed by atoms with Gasteiger partial charge in [-0.3, -0.25) is 4.79 Å². The van der Waals surface area contributed by atoms with E-state index in [4.69, 9.17) is 0 Å². The van der Waals surface area contributed by atoms with Crippen LogP contribution < -0.4 is 5.32 Å². The molecule has 0 saturated heterocycles. The lowest BCUT2D eigenvalue weighted by molar-refractivity contribution is -0.145. The van der Waals surface area contributed by atoms with Crippen LogP contribution in [-0.4, -0.2) is 47.7 Å². The minimum absolute atomic E-state index is 0.635. The van der Waals surface area contributed by atoms with Gasteiger partial charge in [0.15, 0.2) is 0 Å². The standard InChI is InChI=1S/C14H30N2O2/c1-5-11-16(8-4)12-9-10-14(6-2,13(17)18)15-7-3/h15H,5-12H2,1-4H3,(H,17,18). The third-order valence-corrected chi connectivity index (χ3v) is 3.59. The molecule has 4 nitrogen and oxygen atoms in total. The molecule has 2 N–H and O–H groups in total. The molecule has 18 heavy (non-hydrogen) atoms. The molecule has 108 valence electrons. The zero-order chi connectivity index (χ0) is 14.0. The van der Waals surface area contributed by atoms with Crippen LogP contribution in [0.3, 0.4) is 0 Å². The molecule has 4 heteroatoms. The number of likely N-dealkylation sites (N-methyl/N-ethyl adjacent to an activating group) is 1. The second-order valence-corrected chi connectivity index (χ2v) is 4.81. The fourth-order valence-electron chi connectivity index (χ4n) is 2.41. The van der Waals surface area contributed by atoms with E-state index in [0.29, 0.717) is 19.4 Å². The number of carboxylic acid groups (broad SMARTS) is 1. The Morgan fingerprint density at radius 2 is 1.89 bits per heavy atom. The molecule has 0 aliphatic heterocycles. The summed E-state index contributed by atoms with van der Waals surface area (Å²) in [5.41, 5.74) is -0.736. The van der Waals surface area contributed by atoms with E-state index in [1.165, 1.54) is 0 Å². The van der Waals surface area contributed by atoms with Gasteiger partial charge in [0.1, 0.15) is 5.54 Å². The first-order chi connectivity index (χ1) is 8.56. The van der Waals surface area contributed by atoms with Gasteiger partial charge in [0, 0.05) is 0 Å². The van der Waals surface area contributed by atoms with Crippen LogP contribution in [-0.2, 0) is 4.79 Å². The average Bonchev–Trinajstić information content (AvgIpc) is 2.36. The van der Waals surface area contributed by atoms with E-state index in [9.17, 15) is 9.90 Å². The third kappa shape index (κ3) is 5.36. The number of carbonyl (C=O) groups is 1. The van der Waals surface area contributed by atoms with E-state index in [1.54, 1.807) is 0 Å². The third-order valence-electron chi connectivity index (χ3n) is 3.59. The van der Waals surface area contributed by atoms with Crippen molar-refractivity contribution in [2.45, 2.75) is 58.9 Å². The van der Waals surface area contributed by atoms with E-state index < -0.39 is 11.5 Å². The van der Waals surface area contributed by atoms with E-state index in [2.05, 4.69) is 24.1 Å².